The molecule has 0 aliphatic carbocycles. The summed E-state index contributed by atoms with van der Waals surface area (Å²) in [5.74, 6) is 0.516. The van der Waals surface area contributed by atoms with Gasteiger partial charge in [0.15, 0.2) is 5.69 Å². The molecule has 2 aromatic heterocycles. The fraction of sp³-hybridized carbons (Fsp3) is 0.0556. The fourth-order valence-corrected chi connectivity index (χ4v) is 2.75. The van der Waals surface area contributed by atoms with Crippen LogP contribution in [0.3, 0.4) is 0 Å². The molecule has 0 fully saturated rings. The molecular weight excluding hydrogens is 346 g/mol. The summed E-state index contributed by atoms with van der Waals surface area (Å²) >= 11 is 5.31. The van der Waals surface area contributed by atoms with Gasteiger partial charge >= 0.3 is 0 Å². The molecule has 4 aromatic rings. The molecule has 4 rings (SSSR count). The van der Waals surface area contributed by atoms with Gasteiger partial charge in [0.1, 0.15) is 0 Å². The molecule has 26 heavy (non-hydrogen) atoms. The van der Waals surface area contributed by atoms with Crippen molar-refractivity contribution in [2.24, 2.45) is 5.10 Å². The van der Waals surface area contributed by atoms with Crippen LogP contribution in [0.2, 0.25) is 0 Å². The third-order valence-electron chi connectivity index (χ3n) is 3.88. The number of H-pyrrole nitrogens is 1. The molecular formula is C18H15N7S. The molecule has 8 heteroatoms. The molecule has 0 aliphatic rings. The highest BCUT2D eigenvalue weighted by Crippen LogP contribution is 2.21. The zero-order valence-corrected chi connectivity index (χ0v) is 14.8. The Morgan fingerprint density at radius 1 is 1.04 bits per heavy atom. The number of hydrogen-bond acceptors (Lipinski definition) is 5. The number of rotatable bonds is 4. The molecule has 0 saturated carbocycles. The average Bonchev–Trinajstić information content (AvgIpc) is 3.24. The van der Waals surface area contributed by atoms with Gasteiger partial charge in [0.2, 0.25) is 10.6 Å². The first-order valence-electron chi connectivity index (χ1n) is 7.99. The third kappa shape index (κ3) is 2.98. The molecule has 0 atom stereocenters. The molecule has 7 nitrogen and oxygen atoms in total. The van der Waals surface area contributed by atoms with E-state index in [-0.39, 0.29) is 0 Å². The maximum absolute atomic E-state index is 5.31. The number of para-hydroxylation sites is 1. The van der Waals surface area contributed by atoms with Crippen molar-refractivity contribution in [3.63, 3.8) is 0 Å². The van der Waals surface area contributed by atoms with E-state index in [1.807, 2.05) is 67.6 Å². The van der Waals surface area contributed by atoms with Crippen LogP contribution in [-0.2, 0) is 0 Å². The minimum atomic E-state index is 0.390. The van der Waals surface area contributed by atoms with Crippen molar-refractivity contribution in [2.75, 3.05) is 0 Å². The number of aromatic amines is 1. The van der Waals surface area contributed by atoms with Crippen LogP contribution in [0.15, 0.2) is 65.8 Å². The molecule has 128 valence electrons. The first-order valence-corrected chi connectivity index (χ1v) is 8.40. The molecule has 0 unspecified atom stereocenters. The summed E-state index contributed by atoms with van der Waals surface area (Å²) in [5, 5.41) is 20.0. The van der Waals surface area contributed by atoms with Gasteiger partial charge in [0, 0.05) is 0 Å². The van der Waals surface area contributed by atoms with Crippen molar-refractivity contribution in [3.8, 4) is 17.2 Å². The predicted molar refractivity (Wildman–Crippen MR) is 102 cm³/mol. The van der Waals surface area contributed by atoms with Gasteiger partial charge in [-0.05, 0) is 36.8 Å². The van der Waals surface area contributed by atoms with Crippen LogP contribution in [0.5, 0.6) is 0 Å². The minimum Gasteiger partial charge on any atom is -0.250 e. The fourth-order valence-electron chi connectivity index (χ4n) is 2.57. The van der Waals surface area contributed by atoms with E-state index in [1.165, 1.54) is 0 Å². The summed E-state index contributed by atoms with van der Waals surface area (Å²) in [6.45, 7) is 1.94. The maximum atomic E-state index is 5.31. The Labute approximate surface area is 154 Å². The van der Waals surface area contributed by atoms with Gasteiger partial charge in [0.05, 0.1) is 17.6 Å². The van der Waals surface area contributed by atoms with E-state index in [0.717, 1.165) is 16.9 Å². The van der Waals surface area contributed by atoms with E-state index in [2.05, 4.69) is 25.6 Å². The quantitative estimate of drug-likeness (QED) is 0.446. The van der Waals surface area contributed by atoms with Crippen LogP contribution in [0, 0.1) is 11.7 Å². The number of benzene rings is 2. The summed E-state index contributed by atoms with van der Waals surface area (Å²) in [7, 11) is 0. The summed E-state index contributed by atoms with van der Waals surface area (Å²) in [6, 6.07) is 19.6. The molecule has 2 aromatic carbocycles. The first kappa shape index (κ1) is 16.1. The highest BCUT2D eigenvalue weighted by atomic mass is 32.1. The number of aromatic nitrogens is 6. The average molecular weight is 361 g/mol. The Balaban J connectivity index is 1.75. The zero-order valence-electron chi connectivity index (χ0n) is 13.9. The van der Waals surface area contributed by atoms with E-state index in [9.17, 15) is 0 Å². The number of hydrogen-bond donors (Lipinski definition) is 1. The second-order valence-electron chi connectivity index (χ2n) is 5.59. The molecule has 0 radical (unpaired) electrons. The van der Waals surface area contributed by atoms with E-state index in [0.29, 0.717) is 16.3 Å². The number of nitrogens with zero attached hydrogens (tertiary/aromatic N) is 6. The van der Waals surface area contributed by atoms with Gasteiger partial charge in [0.25, 0.3) is 0 Å². The van der Waals surface area contributed by atoms with Gasteiger partial charge in [-0.15, -0.1) is 5.10 Å². The molecule has 0 bridgehead atoms. The normalized spacial score (nSPS) is 11.3. The van der Waals surface area contributed by atoms with Gasteiger partial charge in [-0.2, -0.15) is 14.9 Å². The smallest absolute Gasteiger partial charge is 0.216 e. The molecule has 0 aliphatic heterocycles. The summed E-state index contributed by atoms with van der Waals surface area (Å²) in [5.41, 5.74) is 3.36. The standard InChI is InChI=1S/C18H15N7S/c1-13-16(20-23-24(13)15-10-6-3-7-11-15)17-21-22-18(26)25(17)19-12-14-8-4-2-5-9-14/h2-12H,1H3,(H,22,26)/b19-12+. The Morgan fingerprint density at radius 2 is 1.73 bits per heavy atom. The first-order chi connectivity index (χ1) is 12.7. The Bertz CT molecular complexity index is 1110. The van der Waals surface area contributed by atoms with Gasteiger partial charge < -0.3 is 0 Å². The van der Waals surface area contributed by atoms with Crippen molar-refractivity contribution in [1.29, 1.82) is 0 Å². The van der Waals surface area contributed by atoms with Gasteiger partial charge in [-0.25, -0.2) is 9.78 Å². The third-order valence-corrected chi connectivity index (χ3v) is 4.14. The highest BCUT2D eigenvalue weighted by molar-refractivity contribution is 7.71. The molecule has 2 heterocycles. The van der Waals surface area contributed by atoms with E-state index in [1.54, 1.807) is 15.6 Å². The summed E-state index contributed by atoms with van der Waals surface area (Å²) < 4.78 is 3.70. The maximum Gasteiger partial charge on any atom is 0.216 e. The molecule has 0 spiro atoms. The summed E-state index contributed by atoms with van der Waals surface area (Å²) in [4.78, 5) is 0. The lowest BCUT2D eigenvalue weighted by Gasteiger charge is -2.03. The Morgan fingerprint density at radius 3 is 2.46 bits per heavy atom. The lowest BCUT2D eigenvalue weighted by atomic mass is 10.2. The topological polar surface area (TPSA) is 76.7 Å². The van der Waals surface area contributed by atoms with Crippen LogP contribution in [0.4, 0.5) is 0 Å². The molecule has 0 amide bonds. The van der Waals surface area contributed by atoms with Gasteiger partial charge in [-0.1, -0.05) is 53.7 Å². The number of nitrogens with one attached hydrogen (secondary N) is 1. The van der Waals surface area contributed by atoms with Crippen molar-refractivity contribution >= 4 is 18.4 Å². The molecule has 1 N–H and O–H groups in total. The minimum absolute atomic E-state index is 0.390. The highest BCUT2D eigenvalue weighted by Gasteiger charge is 2.18. The van der Waals surface area contributed by atoms with E-state index in [4.69, 9.17) is 12.2 Å². The van der Waals surface area contributed by atoms with Crippen LogP contribution < -0.4 is 0 Å². The lowest BCUT2D eigenvalue weighted by Crippen LogP contribution is -2.00. The van der Waals surface area contributed by atoms with E-state index >= 15 is 0 Å². The Kier molecular flexibility index (Phi) is 4.24. The SMILES string of the molecule is Cc1c(-c2n[nH]c(=S)n2/N=C/c2ccccc2)nnn1-c1ccccc1. The van der Waals surface area contributed by atoms with Crippen molar-refractivity contribution in [1.82, 2.24) is 29.9 Å². The predicted octanol–water partition coefficient (Wildman–Crippen LogP) is 3.38. The van der Waals surface area contributed by atoms with Crippen molar-refractivity contribution in [2.45, 2.75) is 6.92 Å². The van der Waals surface area contributed by atoms with Crippen LogP contribution >= 0.6 is 12.2 Å². The van der Waals surface area contributed by atoms with Crippen LogP contribution in [0.1, 0.15) is 11.3 Å². The lowest BCUT2D eigenvalue weighted by molar-refractivity contribution is 0.785. The summed E-state index contributed by atoms with van der Waals surface area (Å²) in [6.07, 6.45) is 1.73. The second kappa shape index (κ2) is 6.85. The van der Waals surface area contributed by atoms with Crippen molar-refractivity contribution in [3.05, 3.63) is 76.7 Å². The van der Waals surface area contributed by atoms with Gasteiger partial charge in [-0.3, -0.25) is 0 Å². The monoisotopic (exact) mass is 361 g/mol. The second-order valence-corrected chi connectivity index (χ2v) is 5.98. The van der Waals surface area contributed by atoms with Crippen LogP contribution in [-0.4, -0.2) is 36.1 Å². The van der Waals surface area contributed by atoms with Crippen LogP contribution in [0.25, 0.3) is 17.2 Å². The largest absolute Gasteiger partial charge is 0.250 e. The molecule has 0 saturated heterocycles. The van der Waals surface area contributed by atoms with E-state index < -0.39 is 0 Å². The zero-order chi connectivity index (χ0) is 17.9. The van der Waals surface area contributed by atoms with Crippen molar-refractivity contribution < 1.29 is 0 Å². The Hall–Kier alpha value is -3.39.